The standard InChI is InChI=1S/C19H14BrNO3S2/c20-14-8-6-12(7-9-14)10-16-18(24)21(19(25)26-16)15(11-17(22)23)13-4-2-1-3-5-13/h1-10,15H,11H2,(H,22,23)/b16-10-. The Balaban J connectivity index is 1.93. The van der Waals surface area contributed by atoms with Gasteiger partial charge in [-0.05, 0) is 29.3 Å². The van der Waals surface area contributed by atoms with Gasteiger partial charge in [-0.15, -0.1) is 0 Å². The summed E-state index contributed by atoms with van der Waals surface area (Å²) in [5.41, 5.74) is 1.62. The molecule has 1 aliphatic rings. The predicted molar refractivity (Wildman–Crippen MR) is 111 cm³/mol. The van der Waals surface area contributed by atoms with Gasteiger partial charge < -0.3 is 5.11 Å². The fraction of sp³-hybridized carbons (Fsp3) is 0.105. The van der Waals surface area contributed by atoms with Gasteiger partial charge in [-0.25, -0.2) is 0 Å². The molecule has 1 unspecified atom stereocenters. The van der Waals surface area contributed by atoms with Gasteiger partial charge in [-0.3, -0.25) is 14.5 Å². The number of carboxylic acids is 1. The van der Waals surface area contributed by atoms with Gasteiger partial charge in [0.25, 0.3) is 5.91 Å². The van der Waals surface area contributed by atoms with Crippen LogP contribution in [0, 0.1) is 0 Å². The van der Waals surface area contributed by atoms with Crippen LogP contribution in [-0.2, 0) is 9.59 Å². The minimum absolute atomic E-state index is 0.206. The van der Waals surface area contributed by atoms with Crippen LogP contribution < -0.4 is 0 Å². The molecule has 132 valence electrons. The van der Waals surface area contributed by atoms with Crippen LogP contribution in [0.5, 0.6) is 0 Å². The fourth-order valence-corrected chi connectivity index (χ4v) is 4.28. The summed E-state index contributed by atoms with van der Waals surface area (Å²) in [6.45, 7) is 0. The summed E-state index contributed by atoms with van der Waals surface area (Å²) in [5.74, 6) is -1.25. The second kappa shape index (κ2) is 8.16. The van der Waals surface area contributed by atoms with Crippen molar-refractivity contribution in [3.63, 3.8) is 0 Å². The van der Waals surface area contributed by atoms with E-state index in [9.17, 15) is 14.7 Å². The molecule has 0 radical (unpaired) electrons. The first-order valence-electron chi connectivity index (χ1n) is 7.75. The molecule has 7 heteroatoms. The molecule has 3 rings (SSSR count). The van der Waals surface area contributed by atoms with Gasteiger partial charge in [0.1, 0.15) is 4.32 Å². The van der Waals surface area contributed by atoms with E-state index in [1.54, 1.807) is 6.08 Å². The lowest BCUT2D eigenvalue weighted by atomic mass is 10.0. The summed E-state index contributed by atoms with van der Waals surface area (Å²) in [5, 5.41) is 9.30. The molecule has 1 N–H and O–H groups in total. The zero-order valence-corrected chi connectivity index (χ0v) is 16.7. The molecule has 1 fully saturated rings. The zero-order valence-electron chi connectivity index (χ0n) is 13.5. The van der Waals surface area contributed by atoms with Gasteiger partial charge in [0.2, 0.25) is 0 Å². The van der Waals surface area contributed by atoms with Crippen molar-refractivity contribution < 1.29 is 14.7 Å². The summed E-state index contributed by atoms with van der Waals surface area (Å²) < 4.78 is 1.32. The SMILES string of the molecule is O=C(O)CC(c1ccccc1)N1C(=O)/C(=C/c2ccc(Br)cc2)SC1=S. The molecule has 0 bridgehead atoms. The van der Waals surface area contributed by atoms with Gasteiger partial charge in [0.15, 0.2) is 0 Å². The number of thioether (sulfide) groups is 1. The third kappa shape index (κ3) is 4.23. The van der Waals surface area contributed by atoms with Crippen LogP contribution in [0.3, 0.4) is 0 Å². The Kier molecular flexibility index (Phi) is 5.90. The molecular weight excluding hydrogens is 434 g/mol. The molecule has 1 saturated heterocycles. The van der Waals surface area contributed by atoms with Crippen molar-refractivity contribution >= 4 is 62.2 Å². The number of carboxylic acid groups (broad SMARTS) is 1. The number of rotatable bonds is 5. The highest BCUT2D eigenvalue weighted by atomic mass is 79.9. The van der Waals surface area contributed by atoms with Crippen molar-refractivity contribution in [1.29, 1.82) is 0 Å². The normalized spacial score (nSPS) is 17.0. The molecule has 1 heterocycles. The maximum atomic E-state index is 12.9. The second-order valence-electron chi connectivity index (χ2n) is 5.63. The summed E-state index contributed by atoms with van der Waals surface area (Å²) in [6.07, 6.45) is 1.57. The highest BCUT2D eigenvalue weighted by Gasteiger charge is 2.38. The Morgan fingerprint density at radius 1 is 1.19 bits per heavy atom. The number of benzene rings is 2. The quantitative estimate of drug-likeness (QED) is 0.523. The zero-order chi connectivity index (χ0) is 18.7. The number of aliphatic carboxylic acids is 1. The lowest BCUT2D eigenvalue weighted by Gasteiger charge is -2.26. The van der Waals surface area contributed by atoms with Crippen LogP contribution >= 0.6 is 39.9 Å². The summed E-state index contributed by atoms with van der Waals surface area (Å²) in [7, 11) is 0. The van der Waals surface area contributed by atoms with Crippen LogP contribution in [0.15, 0.2) is 64.0 Å². The van der Waals surface area contributed by atoms with E-state index in [1.165, 1.54) is 16.7 Å². The van der Waals surface area contributed by atoms with E-state index < -0.39 is 12.0 Å². The summed E-state index contributed by atoms with van der Waals surface area (Å²) >= 11 is 9.96. The number of halogens is 1. The van der Waals surface area contributed by atoms with Gasteiger partial charge in [0.05, 0.1) is 17.4 Å². The minimum atomic E-state index is -0.982. The smallest absolute Gasteiger partial charge is 0.305 e. The number of nitrogens with zero attached hydrogens (tertiary/aromatic N) is 1. The Hall–Kier alpha value is -1.96. The molecule has 1 amide bonds. The molecular formula is C19H14BrNO3S2. The molecule has 1 atom stereocenters. The van der Waals surface area contributed by atoms with E-state index in [-0.39, 0.29) is 12.3 Å². The maximum absolute atomic E-state index is 12.9. The molecule has 2 aromatic rings. The number of carbonyl (C=O) groups is 2. The summed E-state index contributed by atoms with van der Waals surface area (Å²) in [6, 6.07) is 16.0. The highest BCUT2D eigenvalue weighted by molar-refractivity contribution is 9.10. The van der Waals surface area contributed by atoms with Crippen molar-refractivity contribution in [3.05, 3.63) is 75.1 Å². The van der Waals surface area contributed by atoms with E-state index in [1.807, 2.05) is 54.6 Å². The van der Waals surface area contributed by atoms with E-state index in [0.717, 1.165) is 15.6 Å². The largest absolute Gasteiger partial charge is 0.481 e. The maximum Gasteiger partial charge on any atom is 0.305 e. The second-order valence-corrected chi connectivity index (χ2v) is 8.22. The van der Waals surface area contributed by atoms with E-state index in [2.05, 4.69) is 15.9 Å². The van der Waals surface area contributed by atoms with Gasteiger partial charge in [0, 0.05) is 4.47 Å². The van der Waals surface area contributed by atoms with Gasteiger partial charge in [-0.2, -0.15) is 0 Å². The molecule has 0 saturated carbocycles. The molecule has 26 heavy (non-hydrogen) atoms. The van der Waals surface area contributed by atoms with E-state index >= 15 is 0 Å². The van der Waals surface area contributed by atoms with E-state index in [4.69, 9.17) is 12.2 Å². The minimum Gasteiger partial charge on any atom is -0.481 e. The Bertz CT molecular complexity index is 881. The first-order chi connectivity index (χ1) is 12.5. The predicted octanol–water partition coefficient (Wildman–Crippen LogP) is 4.87. The molecule has 2 aromatic carbocycles. The molecule has 0 aromatic heterocycles. The monoisotopic (exact) mass is 447 g/mol. The van der Waals surface area contributed by atoms with Crippen molar-refractivity contribution in [2.24, 2.45) is 0 Å². The number of hydrogen-bond donors (Lipinski definition) is 1. The first kappa shape index (κ1) is 18.8. The Morgan fingerprint density at radius 2 is 1.85 bits per heavy atom. The summed E-state index contributed by atoms with van der Waals surface area (Å²) in [4.78, 5) is 26.2. The van der Waals surface area contributed by atoms with Gasteiger partial charge >= 0.3 is 5.97 Å². The topological polar surface area (TPSA) is 57.6 Å². The number of thiocarbonyl (C=S) groups is 1. The van der Waals surface area contributed by atoms with Crippen molar-refractivity contribution in [2.75, 3.05) is 0 Å². The molecule has 4 nitrogen and oxygen atoms in total. The third-order valence-electron chi connectivity index (χ3n) is 3.86. The van der Waals surface area contributed by atoms with Crippen LogP contribution in [-0.4, -0.2) is 26.2 Å². The van der Waals surface area contributed by atoms with Crippen LogP contribution in [0.25, 0.3) is 6.08 Å². The number of amides is 1. The average Bonchev–Trinajstić information content (AvgIpc) is 2.89. The van der Waals surface area contributed by atoms with Crippen LogP contribution in [0.4, 0.5) is 0 Å². The number of hydrogen-bond acceptors (Lipinski definition) is 4. The molecule has 0 spiro atoms. The lowest BCUT2D eigenvalue weighted by Crippen LogP contribution is -2.34. The Morgan fingerprint density at radius 3 is 2.46 bits per heavy atom. The van der Waals surface area contributed by atoms with Crippen molar-refractivity contribution in [1.82, 2.24) is 4.90 Å². The first-order valence-corrected chi connectivity index (χ1v) is 9.77. The number of carbonyl (C=O) groups excluding carboxylic acids is 1. The third-order valence-corrected chi connectivity index (χ3v) is 5.71. The molecule has 1 aliphatic heterocycles. The molecule has 0 aliphatic carbocycles. The lowest BCUT2D eigenvalue weighted by molar-refractivity contribution is -0.138. The van der Waals surface area contributed by atoms with Crippen molar-refractivity contribution in [2.45, 2.75) is 12.5 Å². The van der Waals surface area contributed by atoms with Crippen molar-refractivity contribution in [3.8, 4) is 0 Å². The van der Waals surface area contributed by atoms with Crippen LogP contribution in [0.1, 0.15) is 23.6 Å². The van der Waals surface area contributed by atoms with E-state index in [0.29, 0.717) is 9.23 Å². The van der Waals surface area contributed by atoms with Gasteiger partial charge in [-0.1, -0.05) is 82.4 Å². The fourth-order valence-electron chi connectivity index (χ4n) is 2.66. The Labute approximate surface area is 169 Å². The highest BCUT2D eigenvalue weighted by Crippen LogP contribution is 2.39. The van der Waals surface area contributed by atoms with Crippen LogP contribution in [0.2, 0.25) is 0 Å². The average molecular weight is 448 g/mol.